The Morgan fingerprint density at radius 1 is 0.938 bits per heavy atom. The number of benzene rings is 2. The van der Waals surface area contributed by atoms with Crippen LogP contribution in [0.15, 0.2) is 58.3 Å². The van der Waals surface area contributed by atoms with Crippen molar-refractivity contribution in [1.29, 1.82) is 0 Å². The fraction of sp³-hybridized carbons (Fsp3) is 0.350. The molecule has 0 unspecified atom stereocenters. The third kappa shape index (κ3) is 4.25. The van der Waals surface area contributed by atoms with Crippen LogP contribution in [-0.2, 0) is 19.9 Å². The number of methoxy groups -OCH3 is 1. The lowest BCUT2D eigenvalue weighted by molar-refractivity contribution is 0.310. The first-order chi connectivity index (χ1) is 15.2. The van der Waals surface area contributed by atoms with E-state index in [0.29, 0.717) is 18.7 Å². The molecule has 0 amide bonds. The molecule has 32 heavy (non-hydrogen) atoms. The first-order valence-corrected chi connectivity index (χ1v) is 13.3. The van der Waals surface area contributed by atoms with Crippen LogP contribution in [0.3, 0.4) is 0 Å². The molecule has 0 aliphatic carbocycles. The van der Waals surface area contributed by atoms with E-state index in [1.54, 1.807) is 11.8 Å². The molecule has 1 aliphatic rings. The summed E-state index contributed by atoms with van der Waals surface area (Å²) in [6, 6.07) is 13.0. The molecule has 0 N–H and O–H groups in total. The molecule has 0 radical (unpaired) electrons. The van der Waals surface area contributed by atoms with Gasteiger partial charge in [0.15, 0.2) is 15.7 Å². The lowest BCUT2D eigenvalue weighted by atomic mass is 9.97. The third-order valence-electron chi connectivity index (χ3n) is 5.50. The molecule has 170 valence electrons. The van der Waals surface area contributed by atoms with Crippen LogP contribution in [0.4, 0.5) is 0 Å². The summed E-state index contributed by atoms with van der Waals surface area (Å²) in [7, 11) is -6.05. The Kier molecular flexibility index (Phi) is 6.01. The van der Waals surface area contributed by atoms with Crippen molar-refractivity contribution in [3.63, 3.8) is 0 Å². The van der Waals surface area contributed by atoms with Gasteiger partial charge in [0.25, 0.3) is 0 Å². The van der Waals surface area contributed by atoms with Crippen molar-refractivity contribution >= 4 is 19.9 Å². The van der Waals surface area contributed by atoms with Gasteiger partial charge in [-0.1, -0.05) is 12.1 Å². The van der Waals surface area contributed by atoms with Gasteiger partial charge in [0, 0.05) is 25.3 Å². The van der Waals surface area contributed by atoms with Crippen molar-refractivity contribution in [2.45, 2.75) is 28.6 Å². The largest absolute Gasteiger partial charge is 0.497 e. The summed E-state index contributed by atoms with van der Waals surface area (Å²) in [5.74, 6) is 1.34. The van der Waals surface area contributed by atoms with Crippen molar-refractivity contribution in [3.05, 3.63) is 54.4 Å². The van der Waals surface area contributed by atoms with Crippen molar-refractivity contribution in [2.75, 3.05) is 26.5 Å². The number of sulfonamides is 1. The third-order valence-corrected chi connectivity index (χ3v) is 8.74. The fourth-order valence-electron chi connectivity index (χ4n) is 3.82. The summed E-state index contributed by atoms with van der Waals surface area (Å²) >= 11 is 0. The Bertz CT molecular complexity index is 1310. The van der Waals surface area contributed by atoms with E-state index in [-0.39, 0.29) is 28.8 Å². The number of hydrogen-bond donors (Lipinski definition) is 0. The zero-order valence-electron chi connectivity index (χ0n) is 17.6. The van der Waals surface area contributed by atoms with Gasteiger partial charge in [-0.25, -0.2) is 16.8 Å². The van der Waals surface area contributed by atoms with Gasteiger partial charge in [-0.15, -0.1) is 5.10 Å². The predicted octanol–water partition coefficient (Wildman–Crippen LogP) is 1.64. The second-order valence-corrected chi connectivity index (χ2v) is 11.4. The molecule has 0 atom stereocenters. The van der Waals surface area contributed by atoms with E-state index in [0.717, 1.165) is 17.7 Å². The lowest BCUT2D eigenvalue weighted by Gasteiger charge is -2.31. The maximum Gasteiger partial charge on any atom is 0.244 e. The summed E-state index contributed by atoms with van der Waals surface area (Å²) in [4.78, 5) is -0.380. The van der Waals surface area contributed by atoms with Crippen LogP contribution >= 0.6 is 0 Å². The maximum absolute atomic E-state index is 13.2. The number of hydrogen-bond acceptors (Lipinski definition) is 8. The molecule has 2 aromatic carbocycles. The van der Waals surface area contributed by atoms with Crippen LogP contribution in [0, 0.1) is 0 Å². The highest BCUT2D eigenvalue weighted by Gasteiger charge is 2.34. The standard InChI is InChI=1S/C20H23N5O5S2/c1-30-17-9-7-16(8-10-17)25-20(21-22-23-25)15-11-13-24(14-12-15)32(28,29)19-6-4-3-5-18(19)31(2,26)27/h3-10,15H,11-14H2,1-2H3. The minimum absolute atomic E-state index is 0.0382. The SMILES string of the molecule is COc1ccc(-n2nnnc2C2CCN(S(=O)(=O)c3ccccc3S(C)(=O)=O)CC2)cc1. The summed E-state index contributed by atoms with van der Waals surface area (Å²) in [6.07, 6.45) is 2.03. The van der Waals surface area contributed by atoms with Crippen LogP contribution in [0.25, 0.3) is 5.69 Å². The molecule has 1 aliphatic heterocycles. The molecule has 1 fully saturated rings. The fourth-order valence-corrected chi connectivity index (χ4v) is 6.89. The lowest BCUT2D eigenvalue weighted by Crippen LogP contribution is -2.38. The highest BCUT2D eigenvalue weighted by molar-refractivity contribution is 7.93. The molecule has 3 aromatic rings. The molecule has 10 nitrogen and oxygen atoms in total. The van der Waals surface area contributed by atoms with Crippen LogP contribution in [0.2, 0.25) is 0 Å². The van der Waals surface area contributed by atoms with Crippen molar-refractivity contribution < 1.29 is 21.6 Å². The number of nitrogens with zero attached hydrogens (tertiary/aromatic N) is 5. The molecule has 12 heteroatoms. The Labute approximate surface area is 186 Å². The molecule has 1 aromatic heterocycles. The van der Waals surface area contributed by atoms with E-state index < -0.39 is 19.9 Å². The zero-order chi connectivity index (χ0) is 22.9. The monoisotopic (exact) mass is 477 g/mol. The number of rotatable bonds is 6. The van der Waals surface area contributed by atoms with Gasteiger partial charge in [0.05, 0.1) is 17.7 Å². The van der Waals surface area contributed by atoms with Gasteiger partial charge >= 0.3 is 0 Å². The topological polar surface area (TPSA) is 124 Å². The minimum Gasteiger partial charge on any atom is -0.497 e. The Balaban J connectivity index is 1.54. The van der Waals surface area contributed by atoms with Gasteiger partial charge in [-0.05, 0) is 59.7 Å². The molecule has 2 heterocycles. The van der Waals surface area contributed by atoms with Crippen molar-refractivity contribution in [2.24, 2.45) is 0 Å². The first kappa shape index (κ1) is 22.4. The summed E-state index contributed by atoms with van der Waals surface area (Å²) in [5, 5.41) is 12.1. The van der Waals surface area contributed by atoms with Gasteiger partial charge < -0.3 is 4.74 Å². The van der Waals surface area contributed by atoms with Gasteiger partial charge in [-0.2, -0.15) is 8.99 Å². The molecule has 4 rings (SSSR count). The normalized spacial score (nSPS) is 16.2. The average molecular weight is 478 g/mol. The van der Waals surface area contributed by atoms with E-state index in [9.17, 15) is 16.8 Å². The van der Waals surface area contributed by atoms with Crippen LogP contribution in [-0.4, -0.2) is 67.8 Å². The van der Waals surface area contributed by atoms with Crippen LogP contribution < -0.4 is 4.74 Å². The quantitative estimate of drug-likeness (QED) is 0.525. The van der Waals surface area contributed by atoms with E-state index in [1.165, 1.54) is 28.6 Å². The molecular weight excluding hydrogens is 454 g/mol. The molecule has 0 saturated carbocycles. The van der Waals surface area contributed by atoms with Gasteiger partial charge in [0.1, 0.15) is 10.6 Å². The Morgan fingerprint density at radius 3 is 2.16 bits per heavy atom. The maximum atomic E-state index is 13.2. The number of piperidine rings is 1. The van der Waals surface area contributed by atoms with Crippen molar-refractivity contribution in [1.82, 2.24) is 24.5 Å². The second-order valence-electron chi connectivity index (χ2n) is 7.54. The average Bonchev–Trinajstić information content (AvgIpc) is 3.28. The molecular formula is C20H23N5O5S2. The molecule has 0 bridgehead atoms. The van der Waals surface area contributed by atoms with Crippen molar-refractivity contribution in [3.8, 4) is 11.4 Å². The van der Waals surface area contributed by atoms with E-state index >= 15 is 0 Å². The van der Waals surface area contributed by atoms with E-state index in [2.05, 4.69) is 15.5 Å². The number of aromatic nitrogens is 4. The molecule has 0 spiro atoms. The Morgan fingerprint density at radius 2 is 1.56 bits per heavy atom. The summed E-state index contributed by atoms with van der Waals surface area (Å²) < 4.78 is 58.7. The predicted molar refractivity (Wildman–Crippen MR) is 116 cm³/mol. The summed E-state index contributed by atoms with van der Waals surface area (Å²) in [6.45, 7) is 0.473. The number of tetrazole rings is 1. The zero-order valence-corrected chi connectivity index (χ0v) is 19.3. The first-order valence-electron chi connectivity index (χ1n) is 9.94. The minimum atomic E-state index is -3.96. The van der Waals surface area contributed by atoms with Crippen LogP contribution in [0.5, 0.6) is 5.75 Å². The summed E-state index contributed by atoms with van der Waals surface area (Å²) in [5.41, 5.74) is 0.780. The van der Waals surface area contributed by atoms with Crippen LogP contribution in [0.1, 0.15) is 24.6 Å². The second kappa shape index (κ2) is 8.60. The highest BCUT2D eigenvalue weighted by Crippen LogP contribution is 2.32. The molecule has 1 saturated heterocycles. The van der Waals surface area contributed by atoms with Gasteiger partial charge in [-0.3, -0.25) is 0 Å². The van der Waals surface area contributed by atoms with Gasteiger partial charge in [0.2, 0.25) is 10.0 Å². The van der Waals surface area contributed by atoms with E-state index in [1.807, 2.05) is 24.3 Å². The highest BCUT2D eigenvalue weighted by atomic mass is 32.2. The number of ether oxygens (including phenoxy) is 1. The Hall–Kier alpha value is -2.83. The smallest absolute Gasteiger partial charge is 0.244 e. The van der Waals surface area contributed by atoms with E-state index in [4.69, 9.17) is 4.74 Å². The number of sulfone groups is 1.